The van der Waals surface area contributed by atoms with Gasteiger partial charge in [-0.05, 0) is 20.3 Å². The molecular formula is C8H17NO. The fourth-order valence-electron chi connectivity index (χ4n) is 0.591. The maximum absolute atomic E-state index is 4.99. The van der Waals surface area contributed by atoms with Crippen LogP contribution in [0.1, 0.15) is 40.0 Å². The summed E-state index contributed by atoms with van der Waals surface area (Å²) in [6.07, 6.45) is 3.59. The molecule has 0 aromatic heterocycles. The van der Waals surface area contributed by atoms with Crippen molar-refractivity contribution in [1.29, 1.82) is 0 Å². The highest BCUT2D eigenvalue weighted by Gasteiger charge is 1.84. The molecule has 0 bridgehead atoms. The van der Waals surface area contributed by atoms with E-state index < -0.39 is 0 Å². The molecule has 0 spiro atoms. The van der Waals surface area contributed by atoms with E-state index in [4.69, 9.17) is 4.84 Å². The lowest BCUT2D eigenvalue weighted by Crippen LogP contribution is -1.90. The van der Waals surface area contributed by atoms with Crippen LogP contribution in [0.5, 0.6) is 0 Å². The van der Waals surface area contributed by atoms with Crippen molar-refractivity contribution in [3.05, 3.63) is 0 Å². The average Bonchev–Trinajstić information content (AvgIpc) is 1.87. The van der Waals surface area contributed by atoms with Crippen LogP contribution in [0.3, 0.4) is 0 Å². The molecule has 0 aromatic rings. The number of rotatable bonds is 5. The molecule has 60 valence electrons. The fourth-order valence-corrected chi connectivity index (χ4v) is 0.591. The molecule has 0 aromatic carbocycles. The first kappa shape index (κ1) is 9.47. The van der Waals surface area contributed by atoms with Crippen LogP contribution in [0.4, 0.5) is 0 Å². The molecule has 2 nitrogen and oxygen atoms in total. The lowest BCUT2D eigenvalue weighted by Gasteiger charge is -1.97. The summed E-state index contributed by atoms with van der Waals surface area (Å²) in [5, 5.41) is 3.81. The van der Waals surface area contributed by atoms with Gasteiger partial charge in [0, 0.05) is 0 Å². The predicted molar refractivity (Wildman–Crippen MR) is 44.3 cm³/mol. The van der Waals surface area contributed by atoms with Crippen molar-refractivity contribution >= 4 is 5.71 Å². The van der Waals surface area contributed by atoms with Gasteiger partial charge >= 0.3 is 0 Å². The zero-order valence-corrected chi connectivity index (χ0v) is 7.18. The molecule has 0 N–H and O–H groups in total. The van der Waals surface area contributed by atoms with Gasteiger partial charge in [-0.25, -0.2) is 0 Å². The summed E-state index contributed by atoms with van der Waals surface area (Å²) in [5.41, 5.74) is 0.983. The van der Waals surface area contributed by atoms with Gasteiger partial charge in [-0.3, -0.25) is 0 Å². The van der Waals surface area contributed by atoms with Gasteiger partial charge in [0.2, 0.25) is 0 Å². The molecule has 0 aliphatic rings. The van der Waals surface area contributed by atoms with E-state index in [1.165, 1.54) is 12.8 Å². The maximum atomic E-state index is 4.99. The van der Waals surface area contributed by atoms with Gasteiger partial charge in [0.05, 0.1) is 5.71 Å². The summed E-state index contributed by atoms with van der Waals surface area (Å²) in [6, 6.07) is 0. The van der Waals surface area contributed by atoms with Crippen molar-refractivity contribution in [1.82, 2.24) is 0 Å². The molecule has 0 unspecified atom stereocenters. The van der Waals surface area contributed by atoms with Crippen LogP contribution in [0, 0.1) is 0 Å². The molecule has 0 rings (SSSR count). The predicted octanol–water partition coefficient (Wildman–Crippen LogP) is 2.59. The third kappa shape index (κ3) is 7.47. The highest BCUT2D eigenvalue weighted by Crippen LogP contribution is 1.94. The molecule has 0 radical (unpaired) electrons. The molecule has 0 atom stereocenters. The monoisotopic (exact) mass is 143 g/mol. The molecule has 0 aliphatic heterocycles. The van der Waals surface area contributed by atoms with Gasteiger partial charge in [0.1, 0.15) is 6.61 Å². The quantitative estimate of drug-likeness (QED) is 0.329. The molecule has 2 heteroatoms. The first-order valence-electron chi connectivity index (χ1n) is 3.90. The molecular weight excluding hydrogens is 126 g/mol. The second kappa shape index (κ2) is 6.59. The van der Waals surface area contributed by atoms with Gasteiger partial charge in [0.15, 0.2) is 0 Å². The Morgan fingerprint density at radius 3 is 2.50 bits per heavy atom. The molecule has 0 fully saturated rings. The molecule has 0 heterocycles. The molecule has 0 saturated carbocycles. The number of nitrogens with zero attached hydrogens (tertiary/aromatic N) is 1. The zero-order valence-electron chi connectivity index (χ0n) is 7.18. The number of hydrogen-bond donors (Lipinski definition) is 0. The van der Waals surface area contributed by atoms with Crippen LogP contribution in [-0.4, -0.2) is 12.3 Å². The summed E-state index contributed by atoms with van der Waals surface area (Å²) in [7, 11) is 0. The first-order chi connectivity index (χ1) is 4.77. The van der Waals surface area contributed by atoms with Crippen LogP contribution in [-0.2, 0) is 4.84 Å². The Kier molecular flexibility index (Phi) is 6.24. The summed E-state index contributed by atoms with van der Waals surface area (Å²) < 4.78 is 0. The molecule has 0 amide bonds. The van der Waals surface area contributed by atoms with E-state index in [-0.39, 0.29) is 0 Å². The highest BCUT2D eigenvalue weighted by molar-refractivity contribution is 5.78. The van der Waals surface area contributed by atoms with Crippen molar-refractivity contribution in [3.8, 4) is 0 Å². The van der Waals surface area contributed by atoms with E-state index in [9.17, 15) is 0 Å². The van der Waals surface area contributed by atoms with Gasteiger partial charge in [0.25, 0.3) is 0 Å². The Bertz CT molecular complexity index is 95.4. The number of oxime groups is 1. The summed E-state index contributed by atoms with van der Waals surface area (Å²) in [4.78, 5) is 4.99. The van der Waals surface area contributed by atoms with Gasteiger partial charge in [-0.2, -0.15) is 0 Å². The van der Waals surface area contributed by atoms with Crippen LogP contribution < -0.4 is 0 Å². The highest BCUT2D eigenvalue weighted by atomic mass is 16.6. The Morgan fingerprint density at radius 2 is 2.00 bits per heavy atom. The molecule has 0 saturated heterocycles. The lowest BCUT2D eigenvalue weighted by molar-refractivity contribution is 0.139. The average molecular weight is 143 g/mol. The van der Waals surface area contributed by atoms with Crippen molar-refractivity contribution < 1.29 is 4.84 Å². The zero-order chi connectivity index (χ0) is 7.82. The minimum Gasteiger partial charge on any atom is -0.396 e. The SMILES string of the molecule is CCCCCON=C(C)C. The van der Waals surface area contributed by atoms with E-state index in [0.29, 0.717) is 0 Å². The lowest BCUT2D eigenvalue weighted by atomic mass is 10.3. The first-order valence-corrected chi connectivity index (χ1v) is 3.90. The summed E-state index contributed by atoms with van der Waals surface area (Å²) in [6.45, 7) is 6.80. The topological polar surface area (TPSA) is 21.6 Å². The largest absolute Gasteiger partial charge is 0.396 e. The van der Waals surface area contributed by atoms with Crippen molar-refractivity contribution in [2.24, 2.45) is 5.16 Å². The van der Waals surface area contributed by atoms with E-state index in [1.807, 2.05) is 13.8 Å². The Labute approximate surface area is 63.3 Å². The Balaban J connectivity index is 2.98. The Hall–Kier alpha value is -0.530. The number of unbranched alkanes of at least 4 members (excludes halogenated alkanes) is 2. The van der Waals surface area contributed by atoms with Gasteiger partial charge in [-0.15, -0.1) is 0 Å². The van der Waals surface area contributed by atoms with Crippen molar-refractivity contribution in [2.75, 3.05) is 6.61 Å². The van der Waals surface area contributed by atoms with Crippen LogP contribution in [0.25, 0.3) is 0 Å². The third-order valence-corrected chi connectivity index (χ3v) is 1.09. The van der Waals surface area contributed by atoms with Crippen LogP contribution in [0.15, 0.2) is 5.16 Å². The Morgan fingerprint density at radius 1 is 1.30 bits per heavy atom. The van der Waals surface area contributed by atoms with E-state index >= 15 is 0 Å². The maximum Gasteiger partial charge on any atom is 0.117 e. The van der Waals surface area contributed by atoms with Crippen molar-refractivity contribution in [3.63, 3.8) is 0 Å². The van der Waals surface area contributed by atoms with E-state index in [0.717, 1.165) is 18.7 Å². The molecule has 0 aliphatic carbocycles. The van der Waals surface area contributed by atoms with E-state index in [2.05, 4.69) is 12.1 Å². The molecule has 10 heavy (non-hydrogen) atoms. The number of hydrogen-bond acceptors (Lipinski definition) is 2. The van der Waals surface area contributed by atoms with Gasteiger partial charge < -0.3 is 4.84 Å². The van der Waals surface area contributed by atoms with Crippen LogP contribution >= 0.6 is 0 Å². The standard InChI is InChI=1S/C8H17NO/c1-4-5-6-7-10-9-8(2)3/h4-7H2,1-3H3. The van der Waals surface area contributed by atoms with Crippen molar-refractivity contribution in [2.45, 2.75) is 40.0 Å². The second-order valence-electron chi connectivity index (χ2n) is 2.58. The van der Waals surface area contributed by atoms with Crippen LogP contribution in [0.2, 0.25) is 0 Å². The second-order valence-corrected chi connectivity index (χ2v) is 2.58. The minimum atomic E-state index is 0.763. The van der Waals surface area contributed by atoms with Gasteiger partial charge in [-0.1, -0.05) is 24.9 Å². The van der Waals surface area contributed by atoms with E-state index in [1.54, 1.807) is 0 Å². The smallest absolute Gasteiger partial charge is 0.117 e. The third-order valence-electron chi connectivity index (χ3n) is 1.09. The summed E-state index contributed by atoms with van der Waals surface area (Å²) in [5.74, 6) is 0. The minimum absolute atomic E-state index is 0.763. The summed E-state index contributed by atoms with van der Waals surface area (Å²) >= 11 is 0. The normalized spacial score (nSPS) is 9.10. The fraction of sp³-hybridized carbons (Fsp3) is 0.875.